The van der Waals surface area contributed by atoms with Gasteiger partial charge in [0, 0.05) is 12.6 Å². The predicted octanol–water partition coefficient (Wildman–Crippen LogP) is -0.153. The topological polar surface area (TPSA) is 57.8 Å². The van der Waals surface area contributed by atoms with Gasteiger partial charge in [-0.1, -0.05) is 0 Å². The lowest BCUT2D eigenvalue weighted by Gasteiger charge is -2.05. The summed E-state index contributed by atoms with van der Waals surface area (Å²) < 4.78 is 0. The molecule has 1 aromatic rings. The monoisotopic (exact) mass is 165 g/mol. The first-order chi connectivity index (χ1) is 5.86. The second-order valence-electron chi connectivity index (χ2n) is 3.07. The molecule has 2 heterocycles. The van der Waals surface area contributed by atoms with Crippen molar-refractivity contribution in [2.45, 2.75) is 12.3 Å². The number of aromatic amines is 1. The van der Waals surface area contributed by atoms with Crippen LogP contribution in [0, 0.1) is 0 Å². The zero-order chi connectivity index (χ0) is 8.39. The van der Waals surface area contributed by atoms with Crippen LogP contribution in [0.15, 0.2) is 17.1 Å². The molecule has 0 aromatic carbocycles. The molecule has 4 heteroatoms. The lowest BCUT2D eigenvalue weighted by molar-refractivity contribution is 0.748. The number of H-pyrrole nitrogens is 1. The third-order valence-corrected chi connectivity index (χ3v) is 2.22. The SMILES string of the molecule is O=c1cc([C@H]2CCNC2)cn[nH]1. The van der Waals surface area contributed by atoms with Crippen molar-refractivity contribution in [3.05, 3.63) is 28.2 Å². The molecule has 0 bridgehead atoms. The summed E-state index contributed by atoms with van der Waals surface area (Å²) in [6.45, 7) is 2.00. The number of nitrogens with one attached hydrogen (secondary N) is 2. The molecular weight excluding hydrogens is 154 g/mol. The van der Waals surface area contributed by atoms with Crippen molar-refractivity contribution in [2.75, 3.05) is 13.1 Å². The van der Waals surface area contributed by atoms with Gasteiger partial charge < -0.3 is 5.32 Å². The highest BCUT2D eigenvalue weighted by molar-refractivity contribution is 5.14. The molecule has 12 heavy (non-hydrogen) atoms. The van der Waals surface area contributed by atoms with Crippen LogP contribution in [0.25, 0.3) is 0 Å². The van der Waals surface area contributed by atoms with Gasteiger partial charge in [0.05, 0.1) is 6.20 Å². The summed E-state index contributed by atoms with van der Waals surface area (Å²) in [6.07, 6.45) is 2.84. The first-order valence-electron chi connectivity index (χ1n) is 4.11. The molecule has 0 saturated carbocycles. The fraction of sp³-hybridized carbons (Fsp3) is 0.500. The Labute approximate surface area is 70.0 Å². The lowest BCUT2D eigenvalue weighted by Crippen LogP contribution is -2.12. The molecule has 0 spiro atoms. The molecule has 64 valence electrons. The van der Waals surface area contributed by atoms with Gasteiger partial charge in [-0.3, -0.25) is 4.79 Å². The summed E-state index contributed by atoms with van der Waals surface area (Å²) >= 11 is 0. The number of nitrogens with zero attached hydrogens (tertiary/aromatic N) is 1. The second kappa shape index (κ2) is 3.06. The fourth-order valence-corrected chi connectivity index (χ4v) is 1.55. The molecule has 1 aromatic heterocycles. The highest BCUT2D eigenvalue weighted by Crippen LogP contribution is 2.19. The van der Waals surface area contributed by atoms with Crippen LogP contribution in [0.2, 0.25) is 0 Å². The van der Waals surface area contributed by atoms with Crippen molar-refractivity contribution in [2.24, 2.45) is 0 Å². The summed E-state index contributed by atoms with van der Waals surface area (Å²) in [6, 6.07) is 1.63. The van der Waals surface area contributed by atoms with E-state index in [-0.39, 0.29) is 5.56 Å². The molecule has 1 atom stereocenters. The fourth-order valence-electron chi connectivity index (χ4n) is 1.55. The largest absolute Gasteiger partial charge is 0.316 e. The average Bonchev–Trinajstić information content (AvgIpc) is 2.56. The molecule has 1 aliphatic heterocycles. The third-order valence-electron chi connectivity index (χ3n) is 2.22. The van der Waals surface area contributed by atoms with Gasteiger partial charge in [-0.25, -0.2) is 5.10 Å². The van der Waals surface area contributed by atoms with E-state index >= 15 is 0 Å². The van der Waals surface area contributed by atoms with E-state index in [4.69, 9.17) is 0 Å². The normalized spacial score (nSPS) is 22.8. The number of rotatable bonds is 1. The molecule has 2 N–H and O–H groups in total. The van der Waals surface area contributed by atoms with Crippen LogP contribution < -0.4 is 10.9 Å². The van der Waals surface area contributed by atoms with Gasteiger partial charge in [-0.2, -0.15) is 5.10 Å². The van der Waals surface area contributed by atoms with Gasteiger partial charge in [0.1, 0.15) is 0 Å². The van der Waals surface area contributed by atoms with Crippen molar-refractivity contribution < 1.29 is 0 Å². The second-order valence-corrected chi connectivity index (χ2v) is 3.07. The molecule has 0 unspecified atom stereocenters. The van der Waals surface area contributed by atoms with Crippen molar-refractivity contribution in [1.82, 2.24) is 15.5 Å². The molecule has 0 aliphatic carbocycles. The number of hydrogen-bond acceptors (Lipinski definition) is 3. The summed E-state index contributed by atoms with van der Waals surface area (Å²) in [5.41, 5.74) is 0.933. The summed E-state index contributed by atoms with van der Waals surface area (Å²) in [4.78, 5) is 10.9. The Balaban J connectivity index is 2.27. The number of aromatic nitrogens is 2. The molecule has 1 saturated heterocycles. The van der Waals surface area contributed by atoms with Crippen molar-refractivity contribution in [1.29, 1.82) is 0 Å². The Morgan fingerprint density at radius 2 is 2.50 bits per heavy atom. The van der Waals surface area contributed by atoms with Crippen LogP contribution in [0.3, 0.4) is 0 Å². The van der Waals surface area contributed by atoms with E-state index in [9.17, 15) is 4.79 Å². The smallest absolute Gasteiger partial charge is 0.264 e. The van der Waals surface area contributed by atoms with Gasteiger partial charge in [0.25, 0.3) is 5.56 Å². The van der Waals surface area contributed by atoms with Crippen LogP contribution in [0.4, 0.5) is 0 Å². The van der Waals surface area contributed by atoms with Crippen LogP contribution in [0.1, 0.15) is 17.9 Å². The van der Waals surface area contributed by atoms with Crippen LogP contribution >= 0.6 is 0 Å². The lowest BCUT2D eigenvalue weighted by atomic mass is 10.0. The highest BCUT2D eigenvalue weighted by atomic mass is 16.1. The molecular formula is C8H11N3O. The van der Waals surface area contributed by atoms with E-state index < -0.39 is 0 Å². The van der Waals surface area contributed by atoms with Crippen LogP contribution in [-0.2, 0) is 0 Å². The maximum atomic E-state index is 10.9. The molecule has 2 rings (SSSR count). The van der Waals surface area contributed by atoms with Crippen molar-refractivity contribution in [3.8, 4) is 0 Å². The van der Waals surface area contributed by atoms with Gasteiger partial charge in [0.2, 0.25) is 0 Å². The van der Waals surface area contributed by atoms with Crippen LogP contribution in [0.5, 0.6) is 0 Å². The van der Waals surface area contributed by atoms with E-state index in [0.29, 0.717) is 5.92 Å². The Bertz CT molecular complexity index is 314. The Morgan fingerprint density at radius 1 is 1.58 bits per heavy atom. The zero-order valence-corrected chi connectivity index (χ0v) is 6.71. The summed E-state index contributed by atoms with van der Waals surface area (Å²) in [5, 5.41) is 9.38. The predicted molar refractivity (Wildman–Crippen MR) is 45.1 cm³/mol. The Kier molecular flexibility index (Phi) is 1.91. The van der Waals surface area contributed by atoms with E-state index in [2.05, 4.69) is 15.5 Å². The van der Waals surface area contributed by atoms with Crippen molar-refractivity contribution >= 4 is 0 Å². The van der Waals surface area contributed by atoms with E-state index in [0.717, 1.165) is 25.1 Å². The Hall–Kier alpha value is -1.16. The molecule has 0 amide bonds. The van der Waals surface area contributed by atoms with E-state index in [1.165, 1.54) is 0 Å². The summed E-state index contributed by atoms with van der Waals surface area (Å²) in [7, 11) is 0. The first-order valence-corrected chi connectivity index (χ1v) is 4.11. The first kappa shape index (κ1) is 7.49. The molecule has 1 fully saturated rings. The molecule has 1 aliphatic rings. The minimum Gasteiger partial charge on any atom is -0.316 e. The minimum atomic E-state index is -0.112. The van der Waals surface area contributed by atoms with Crippen LogP contribution in [-0.4, -0.2) is 23.3 Å². The quantitative estimate of drug-likeness (QED) is 0.608. The van der Waals surface area contributed by atoms with Gasteiger partial charge in [-0.05, 0) is 24.4 Å². The Morgan fingerprint density at radius 3 is 3.17 bits per heavy atom. The van der Waals surface area contributed by atoms with Crippen molar-refractivity contribution in [3.63, 3.8) is 0 Å². The van der Waals surface area contributed by atoms with Gasteiger partial charge >= 0.3 is 0 Å². The maximum absolute atomic E-state index is 10.9. The highest BCUT2D eigenvalue weighted by Gasteiger charge is 2.16. The van der Waals surface area contributed by atoms with Gasteiger partial charge in [0.15, 0.2) is 0 Å². The maximum Gasteiger partial charge on any atom is 0.264 e. The minimum absolute atomic E-state index is 0.112. The zero-order valence-electron chi connectivity index (χ0n) is 6.71. The number of hydrogen-bond donors (Lipinski definition) is 2. The standard InChI is InChI=1S/C8H11N3O/c12-8-3-7(5-10-11-8)6-1-2-9-4-6/h3,5-6,9H,1-2,4H2,(H,11,12)/t6-/m0/s1. The molecule has 0 radical (unpaired) electrons. The van der Waals surface area contributed by atoms with E-state index in [1.54, 1.807) is 12.3 Å². The third kappa shape index (κ3) is 1.38. The summed E-state index contributed by atoms with van der Waals surface area (Å²) in [5.74, 6) is 0.472. The average molecular weight is 165 g/mol. The molecule has 4 nitrogen and oxygen atoms in total. The van der Waals surface area contributed by atoms with E-state index in [1.807, 2.05) is 0 Å². The van der Waals surface area contributed by atoms with Gasteiger partial charge in [-0.15, -0.1) is 0 Å².